The van der Waals surface area contributed by atoms with E-state index in [0.717, 1.165) is 42.7 Å². The minimum atomic E-state index is -0.0597. The lowest BCUT2D eigenvalue weighted by atomic mass is 9.75. The zero-order valence-electron chi connectivity index (χ0n) is 11.0. The van der Waals surface area contributed by atoms with Crippen LogP contribution in [0.1, 0.15) is 18.4 Å². The number of methoxy groups -OCH3 is 1. The molecule has 0 saturated carbocycles. The summed E-state index contributed by atoms with van der Waals surface area (Å²) in [5, 5.41) is 0. The largest absolute Gasteiger partial charge is 0.479 e. The zero-order valence-corrected chi connectivity index (χ0v) is 11.0. The van der Waals surface area contributed by atoms with E-state index in [2.05, 4.69) is 15.0 Å². The van der Waals surface area contributed by atoms with Gasteiger partial charge in [-0.15, -0.1) is 0 Å². The van der Waals surface area contributed by atoms with E-state index in [9.17, 15) is 0 Å². The molecule has 6 nitrogen and oxygen atoms in total. The fraction of sp³-hybridized carbons (Fsp3) is 0.538. The molecule has 19 heavy (non-hydrogen) atoms. The molecule has 6 heteroatoms. The average Bonchev–Trinajstić information content (AvgIpc) is 2.92. The molecule has 1 fully saturated rings. The molecule has 0 radical (unpaired) electrons. The summed E-state index contributed by atoms with van der Waals surface area (Å²) in [4.78, 5) is 11.7. The monoisotopic (exact) mass is 262 g/mol. The van der Waals surface area contributed by atoms with Gasteiger partial charge in [-0.1, -0.05) is 0 Å². The quantitative estimate of drug-likeness (QED) is 0.861. The predicted molar refractivity (Wildman–Crippen MR) is 71.2 cm³/mol. The summed E-state index contributed by atoms with van der Waals surface area (Å²) in [6, 6.07) is 0. The van der Waals surface area contributed by atoms with E-state index in [1.165, 1.54) is 6.33 Å². The van der Waals surface area contributed by atoms with E-state index in [1.807, 2.05) is 6.20 Å². The van der Waals surface area contributed by atoms with Gasteiger partial charge in [0, 0.05) is 36.9 Å². The first-order valence-electron chi connectivity index (χ1n) is 6.45. The minimum Gasteiger partial charge on any atom is -0.479 e. The van der Waals surface area contributed by atoms with Crippen LogP contribution in [0.5, 0.6) is 5.88 Å². The number of nitrogens with one attached hydrogen (secondary N) is 1. The molecular formula is C13H18N4O2. The van der Waals surface area contributed by atoms with Crippen LogP contribution in [0.15, 0.2) is 12.5 Å². The fourth-order valence-electron chi connectivity index (χ4n) is 2.82. The second-order valence-corrected chi connectivity index (χ2v) is 4.91. The van der Waals surface area contributed by atoms with E-state index >= 15 is 0 Å². The van der Waals surface area contributed by atoms with E-state index < -0.39 is 0 Å². The van der Waals surface area contributed by atoms with Crippen molar-refractivity contribution >= 4 is 11.0 Å². The molecule has 3 N–H and O–H groups in total. The SMILES string of the molecule is COc1ncnc2c(C3(CN)CCOCC3)c[nH]c12. The van der Waals surface area contributed by atoms with Crippen molar-refractivity contribution in [3.8, 4) is 5.88 Å². The van der Waals surface area contributed by atoms with Crippen molar-refractivity contribution in [3.63, 3.8) is 0 Å². The van der Waals surface area contributed by atoms with Gasteiger partial charge in [-0.05, 0) is 12.8 Å². The van der Waals surface area contributed by atoms with Crippen LogP contribution in [0.25, 0.3) is 11.0 Å². The molecule has 0 atom stereocenters. The van der Waals surface area contributed by atoms with Crippen LogP contribution in [0.2, 0.25) is 0 Å². The van der Waals surface area contributed by atoms with Crippen LogP contribution in [-0.2, 0) is 10.2 Å². The Kier molecular flexibility index (Phi) is 3.12. The van der Waals surface area contributed by atoms with E-state index in [0.29, 0.717) is 12.4 Å². The second-order valence-electron chi connectivity index (χ2n) is 4.91. The van der Waals surface area contributed by atoms with Crippen molar-refractivity contribution in [2.24, 2.45) is 5.73 Å². The molecule has 2 aromatic rings. The van der Waals surface area contributed by atoms with Crippen LogP contribution >= 0.6 is 0 Å². The van der Waals surface area contributed by atoms with Gasteiger partial charge in [-0.2, -0.15) is 4.98 Å². The Hall–Kier alpha value is -1.66. The molecule has 0 aliphatic carbocycles. The van der Waals surface area contributed by atoms with Gasteiger partial charge in [0.05, 0.1) is 12.6 Å². The number of ether oxygens (including phenoxy) is 2. The number of rotatable bonds is 3. The highest BCUT2D eigenvalue weighted by atomic mass is 16.5. The summed E-state index contributed by atoms with van der Waals surface area (Å²) in [6.07, 6.45) is 5.35. The predicted octanol–water partition coefficient (Wildman–Crippen LogP) is 0.973. The second kappa shape index (κ2) is 4.79. The number of nitrogens with zero attached hydrogens (tertiary/aromatic N) is 2. The molecule has 1 saturated heterocycles. The van der Waals surface area contributed by atoms with Gasteiger partial charge in [0.1, 0.15) is 11.8 Å². The highest BCUT2D eigenvalue weighted by Crippen LogP contribution is 2.38. The van der Waals surface area contributed by atoms with Gasteiger partial charge < -0.3 is 20.2 Å². The number of aromatic nitrogens is 3. The fourth-order valence-corrected chi connectivity index (χ4v) is 2.82. The van der Waals surface area contributed by atoms with Gasteiger partial charge in [0.2, 0.25) is 5.88 Å². The van der Waals surface area contributed by atoms with E-state index in [-0.39, 0.29) is 5.41 Å². The third kappa shape index (κ3) is 1.87. The van der Waals surface area contributed by atoms with E-state index in [1.54, 1.807) is 7.11 Å². The first-order valence-corrected chi connectivity index (χ1v) is 6.45. The van der Waals surface area contributed by atoms with Crippen molar-refractivity contribution in [2.45, 2.75) is 18.3 Å². The third-order valence-electron chi connectivity index (χ3n) is 4.03. The van der Waals surface area contributed by atoms with Gasteiger partial charge in [0.15, 0.2) is 0 Å². The molecule has 0 aromatic carbocycles. The Morgan fingerprint density at radius 3 is 2.89 bits per heavy atom. The minimum absolute atomic E-state index is 0.0597. The third-order valence-corrected chi connectivity index (χ3v) is 4.03. The number of hydrogen-bond donors (Lipinski definition) is 2. The summed E-state index contributed by atoms with van der Waals surface area (Å²) >= 11 is 0. The molecule has 0 bridgehead atoms. The van der Waals surface area contributed by atoms with Crippen molar-refractivity contribution in [1.82, 2.24) is 15.0 Å². The Morgan fingerprint density at radius 2 is 2.21 bits per heavy atom. The number of nitrogens with two attached hydrogens (primary N) is 1. The molecule has 1 aliphatic rings. The maximum Gasteiger partial charge on any atom is 0.241 e. The lowest BCUT2D eigenvalue weighted by Gasteiger charge is -2.35. The highest BCUT2D eigenvalue weighted by molar-refractivity contribution is 5.84. The summed E-state index contributed by atoms with van der Waals surface area (Å²) in [7, 11) is 1.61. The number of hydrogen-bond acceptors (Lipinski definition) is 5. The van der Waals surface area contributed by atoms with Gasteiger partial charge in [0.25, 0.3) is 0 Å². The smallest absolute Gasteiger partial charge is 0.241 e. The normalized spacial score (nSPS) is 18.6. The molecule has 102 valence electrons. The first kappa shape index (κ1) is 12.4. The van der Waals surface area contributed by atoms with E-state index in [4.69, 9.17) is 15.2 Å². The Morgan fingerprint density at radius 1 is 1.42 bits per heavy atom. The Bertz CT molecular complexity index is 575. The van der Waals surface area contributed by atoms with Crippen LogP contribution < -0.4 is 10.5 Å². The van der Waals surface area contributed by atoms with Crippen LogP contribution in [0.4, 0.5) is 0 Å². The Balaban J connectivity index is 2.14. The summed E-state index contributed by atoms with van der Waals surface area (Å²) in [6.45, 7) is 2.08. The van der Waals surface area contributed by atoms with Crippen molar-refractivity contribution in [1.29, 1.82) is 0 Å². The molecule has 1 aliphatic heterocycles. The lowest BCUT2D eigenvalue weighted by molar-refractivity contribution is 0.0534. The van der Waals surface area contributed by atoms with Crippen LogP contribution in [0.3, 0.4) is 0 Å². The maximum atomic E-state index is 6.05. The van der Waals surface area contributed by atoms with Crippen LogP contribution in [-0.4, -0.2) is 41.8 Å². The first-order chi connectivity index (χ1) is 9.30. The number of aromatic amines is 1. The molecule has 0 spiro atoms. The van der Waals surface area contributed by atoms with Crippen molar-refractivity contribution < 1.29 is 9.47 Å². The molecular weight excluding hydrogens is 244 g/mol. The molecule has 3 rings (SSSR count). The van der Waals surface area contributed by atoms with Crippen molar-refractivity contribution in [2.75, 3.05) is 26.9 Å². The zero-order chi connectivity index (χ0) is 13.3. The number of fused-ring (bicyclic) bond motifs is 1. The van der Waals surface area contributed by atoms with Gasteiger partial charge >= 0.3 is 0 Å². The standard InChI is InChI=1S/C13H18N4O2/c1-18-12-11-10(16-8-17-12)9(6-15-11)13(7-14)2-4-19-5-3-13/h6,8,15H,2-5,7,14H2,1H3. The summed E-state index contributed by atoms with van der Waals surface area (Å²) < 4.78 is 10.7. The van der Waals surface area contributed by atoms with Crippen molar-refractivity contribution in [3.05, 3.63) is 18.1 Å². The molecule has 0 amide bonds. The number of H-pyrrole nitrogens is 1. The molecule has 2 aromatic heterocycles. The Labute approximate surface area is 111 Å². The molecule has 3 heterocycles. The summed E-state index contributed by atoms with van der Waals surface area (Å²) in [5.74, 6) is 0.565. The highest BCUT2D eigenvalue weighted by Gasteiger charge is 2.36. The molecule has 0 unspecified atom stereocenters. The summed E-state index contributed by atoms with van der Waals surface area (Å²) in [5.41, 5.74) is 8.87. The van der Waals surface area contributed by atoms with Gasteiger partial charge in [-0.3, -0.25) is 0 Å². The topological polar surface area (TPSA) is 86.1 Å². The van der Waals surface area contributed by atoms with Crippen LogP contribution in [0, 0.1) is 0 Å². The average molecular weight is 262 g/mol. The lowest BCUT2D eigenvalue weighted by Crippen LogP contribution is -2.40. The van der Waals surface area contributed by atoms with Gasteiger partial charge in [-0.25, -0.2) is 4.98 Å². The maximum absolute atomic E-state index is 6.05.